The Hall–Kier alpha value is -0.660. The van der Waals surface area contributed by atoms with Gasteiger partial charge in [0.1, 0.15) is 11.6 Å². The van der Waals surface area contributed by atoms with Gasteiger partial charge in [-0.05, 0) is 54.8 Å². The Morgan fingerprint density at radius 2 is 1.89 bits per heavy atom. The quantitative estimate of drug-likeness (QED) is 0.678. The summed E-state index contributed by atoms with van der Waals surface area (Å²) in [6.07, 6.45) is 3.55. The molecule has 2 nitrogen and oxygen atoms in total. The Labute approximate surface area is 116 Å². The lowest BCUT2D eigenvalue weighted by atomic mass is 9.64. The van der Waals surface area contributed by atoms with Gasteiger partial charge >= 0.3 is 0 Å². The molecule has 0 aromatic rings. The molecule has 3 saturated carbocycles. The summed E-state index contributed by atoms with van der Waals surface area (Å²) in [4.78, 5) is 24.8. The second-order valence-electron chi connectivity index (χ2n) is 8.09. The van der Waals surface area contributed by atoms with Gasteiger partial charge in [0.05, 0.1) is 5.92 Å². The molecule has 3 aliphatic carbocycles. The average Bonchev–Trinajstić information content (AvgIpc) is 2.63. The molecule has 2 heteroatoms. The van der Waals surface area contributed by atoms with E-state index in [1.165, 1.54) is 12.8 Å². The Balaban J connectivity index is 2.11. The third-order valence-electron chi connectivity index (χ3n) is 7.06. The third-order valence-corrected chi connectivity index (χ3v) is 7.06. The van der Waals surface area contributed by atoms with Gasteiger partial charge in [-0.25, -0.2) is 0 Å². The fraction of sp³-hybridized carbons (Fsp3) is 0.882. The minimum absolute atomic E-state index is 0.0749. The van der Waals surface area contributed by atoms with Gasteiger partial charge < -0.3 is 0 Å². The maximum absolute atomic E-state index is 12.9. The highest BCUT2D eigenvalue weighted by Crippen LogP contribution is 2.72. The van der Waals surface area contributed by atoms with Crippen molar-refractivity contribution in [1.82, 2.24) is 0 Å². The molecule has 19 heavy (non-hydrogen) atoms. The number of carbonyl (C=O) groups excluding carboxylic acids is 2. The lowest BCUT2D eigenvalue weighted by Crippen LogP contribution is -2.35. The highest BCUT2D eigenvalue weighted by molar-refractivity contribution is 6.05. The summed E-state index contributed by atoms with van der Waals surface area (Å²) >= 11 is 0. The zero-order chi connectivity index (χ0) is 14.2. The van der Waals surface area contributed by atoms with Crippen molar-refractivity contribution in [2.45, 2.75) is 53.9 Å². The van der Waals surface area contributed by atoms with Crippen LogP contribution >= 0.6 is 0 Å². The summed E-state index contributed by atoms with van der Waals surface area (Å²) < 4.78 is 0. The molecule has 3 fully saturated rings. The number of rotatable bonds is 1. The molecule has 2 bridgehead atoms. The second-order valence-corrected chi connectivity index (χ2v) is 8.09. The Kier molecular flexibility index (Phi) is 2.60. The van der Waals surface area contributed by atoms with Crippen molar-refractivity contribution in [3.8, 4) is 0 Å². The number of hydrogen-bond donors (Lipinski definition) is 0. The van der Waals surface area contributed by atoms with Crippen molar-refractivity contribution in [2.75, 3.05) is 0 Å². The fourth-order valence-corrected chi connectivity index (χ4v) is 6.26. The maximum atomic E-state index is 12.9. The lowest BCUT2D eigenvalue weighted by Gasteiger charge is -2.40. The first kappa shape index (κ1) is 13.3. The third kappa shape index (κ3) is 1.38. The van der Waals surface area contributed by atoms with Gasteiger partial charge in [0.15, 0.2) is 0 Å². The van der Waals surface area contributed by atoms with Crippen molar-refractivity contribution >= 4 is 11.6 Å². The van der Waals surface area contributed by atoms with Gasteiger partial charge in [0, 0.05) is 5.92 Å². The van der Waals surface area contributed by atoms with E-state index in [0.29, 0.717) is 5.92 Å². The van der Waals surface area contributed by atoms with E-state index in [2.05, 4.69) is 27.7 Å². The van der Waals surface area contributed by atoms with Crippen LogP contribution < -0.4 is 0 Å². The van der Waals surface area contributed by atoms with Gasteiger partial charge in [-0.15, -0.1) is 0 Å². The minimum atomic E-state index is -0.321. The molecule has 3 rings (SSSR count). The van der Waals surface area contributed by atoms with E-state index in [0.717, 1.165) is 12.3 Å². The first-order valence-electron chi connectivity index (χ1n) is 7.77. The summed E-state index contributed by atoms with van der Waals surface area (Å²) in [6, 6.07) is 0. The van der Waals surface area contributed by atoms with E-state index in [1.807, 2.05) is 0 Å². The predicted octanol–water partition coefficient (Wildman–Crippen LogP) is 3.49. The molecule has 0 aromatic carbocycles. The smallest absolute Gasteiger partial charge is 0.147 e. The molecule has 0 heterocycles. The summed E-state index contributed by atoms with van der Waals surface area (Å²) in [5.41, 5.74) is 0.208. The van der Waals surface area contributed by atoms with Crippen molar-refractivity contribution in [3.63, 3.8) is 0 Å². The second kappa shape index (κ2) is 3.71. The first-order chi connectivity index (χ1) is 8.73. The van der Waals surface area contributed by atoms with Crippen molar-refractivity contribution in [3.05, 3.63) is 0 Å². The highest BCUT2D eigenvalue weighted by Gasteiger charge is 2.71. The number of fused-ring (bicyclic) bond motifs is 1. The minimum Gasteiger partial charge on any atom is -0.299 e. The van der Waals surface area contributed by atoms with Crippen LogP contribution in [0, 0.1) is 40.4 Å². The molecular weight excluding hydrogens is 236 g/mol. The topological polar surface area (TPSA) is 34.1 Å². The number of hydrogen-bond acceptors (Lipinski definition) is 2. The molecular formula is C17H26O2. The monoisotopic (exact) mass is 262 g/mol. The van der Waals surface area contributed by atoms with E-state index in [9.17, 15) is 9.59 Å². The van der Waals surface area contributed by atoms with Crippen molar-refractivity contribution in [1.29, 1.82) is 0 Å². The molecule has 0 aromatic heterocycles. The Bertz CT molecular complexity index is 450. The molecule has 0 saturated heterocycles. The van der Waals surface area contributed by atoms with Gasteiger partial charge in [-0.2, -0.15) is 0 Å². The molecule has 106 valence electrons. The number of carbonyl (C=O) groups is 2. The summed E-state index contributed by atoms with van der Waals surface area (Å²) in [5.74, 6) is 1.79. The predicted molar refractivity (Wildman–Crippen MR) is 74.6 cm³/mol. The van der Waals surface area contributed by atoms with Crippen LogP contribution in [0.25, 0.3) is 0 Å². The molecule has 0 amide bonds. The van der Waals surface area contributed by atoms with Crippen LogP contribution in [0.2, 0.25) is 0 Å². The molecule has 1 unspecified atom stereocenters. The van der Waals surface area contributed by atoms with Crippen molar-refractivity contribution < 1.29 is 9.59 Å². The van der Waals surface area contributed by atoms with E-state index < -0.39 is 0 Å². The van der Waals surface area contributed by atoms with Crippen LogP contribution in [0.1, 0.15) is 53.9 Å². The molecule has 6 atom stereocenters. The zero-order valence-corrected chi connectivity index (χ0v) is 12.8. The normalized spacial score (nSPS) is 51.2. The molecule has 0 N–H and O–H groups in total. The average molecular weight is 262 g/mol. The van der Waals surface area contributed by atoms with E-state index in [4.69, 9.17) is 0 Å². The zero-order valence-electron chi connectivity index (χ0n) is 12.8. The standard InChI is InChI=1S/C17H26O2/c1-9-6-7-17-8-12(9)16(4,5)15(17)14(19)13(10(17)2)11(3)18/h9-10,12-13,15H,6-8H2,1-5H3/t9-,10-,12+,13?,15+,17+/m1/s1. The molecule has 1 spiro atoms. The fourth-order valence-electron chi connectivity index (χ4n) is 6.26. The van der Waals surface area contributed by atoms with Crippen LogP contribution in [0.5, 0.6) is 0 Å². The van der Waals surface area contributed by atoms with Gasteiger partial charge in [-0.3, -0.25) is 9.59 Å². The Morgan fingerprint density at radius 1 is 1.26 bits per heavy atom. The number of Topliss-reactive ketones (excluding diaryl/α,β-unsaturated/α-hetero) is 2. The van der Waals surface area contributed by atoms with Gasteiger partial charge in [-0.1, -0.05) is 27.7 Å². The van der Waals surface area contributed by atoms with Crippen LogP contribution in [-0.4, -0.2) is 11.6 Å². The van der Waals surface area contributed by atoms with E-state index >= 15 is 0 Å². The van der Waals surface area contributed by atoms with E-state index in [1.54, 1.807) is 6.92 Å². The largest absolute Gasteiger partial charge is 0.299 e. The SMILES string of the molecule is CC(=O)C1C(=O)[C@H]2C(C)(C)[C@H]3C[C@@]2(CC[C@H]3C)[C@@H]1C. The first-order valence-corrected chi connectivity index (χ1v) is 7.77. The Morgan fingerprint density at radius 3 is 2.47 bits per heavy atom. The molecule has 3 aliphatic rings. The summed E-state index contributed by atoms with van der Waals surface area (Å²) in [6.45, 7) is 10.7. The number of ketones is 2. The lowest BCUT2D eigenvalue weighted by molar-refractivity contribution is -0.134. The molecule has 0 radical (unpaired) electrons. The maximum Gasteiger partial charge on any atom is 0.147 e. The van der Waals surface area contributed by atoms with Crippen LogP contribution in [-0.2, 0) is 9.59 Å². The van der Waals surface area contributed by atoms with E-state index in [-0.39, 0.29) is 40.2 Å². The summed E-state index contributed by atoms with van der Waals surface area (Å²) in [5, 5.41) is 0. The summed E-state index contributed by atoms with van der Waals surface area (Å²) in [7, 11) is 0. The van der Waals surface area contributed by atoms with Crippen molar-refractivity contribution in [2.24, 2.45) is 40.4 Å². The van der Waals surface area contributed by atoms with Gasteiger partial charge in [0.2, 0.25) is 0 Å². The van der Waals surface area contributed by atoms with Crippen LogP contribution in [0.4, 0.5) is 0 Å². The van der Waals surface area contributed by atoms with Crippen LogP contribution in [0.3, 0.4) is 0 Å². The molecule has 0 aliphatic heterocycles. The van der Waals surface area contributed by atoms with Gasteiger partial charge in [0.25, 0.3) is 0 Å². The highest BCUT2D eigenvalue weighted by atomic mass is 16.2. The van der Waals surface area contributed by atoms with Crippen LogP contribution in [0.15, 0.2) is 0 Å².